The highest BCUT2D eigenvalue weighted by Crippen LogP contribution is 2.68. The predicted molar refractivity (Wildman–Crippen MR) is 101 cm³/mol. The summed E-state index contributed by atoms with van der Waals surface area (Å²) in [6, 6.07) is -1.11. The summed E-state index contributed by atoms with van der Waals surface area (Å²) in [5.74, 6) is -71.2. The van der Waals surface area contributed by atoms with E-state index in [1.54, 1.807) is 0 Å². The first kappa shape index (κ1) is 44.2. The van der Waals surface area contributed by atoms with Gasteiger partial charge in [-0.2, -0.15) is 96.6 Å². The van der Waals surface area contributed by atoms with Gasteiger partial charge in [0.15, 0.2) is 0 Å². The van der Waals surface area contributed by atoms with E-state index in [0.29, 0.717) is 0 Å². The fourth-order valence-corrected chi connectivity index (χ4v) is 3.34. The van der Waals surface area contributed by atoms with Gasteiger partial charge in [0.25, 0.3) is 0 Å². The van der Waals surface area contributed by atoms with Crippen molar-refractivity contribution >= 4 is 0 Å². The van der Waals surface area contributed by atoms with Crippen LogP contribution in [0.3, 0.4) is 0 Å². The Morgan fingerprint density at radius 1 is 0.457 bits per heavy atom. The Morgan fingerprint density at radius 3 is 1.09 bits per heavy atom. The van der Waals surface area contributed by atoms with E-state index in [0.717, 1.165) is 0 Å². The molecule has 0 aromatic rings. The summed E-state index contributed by atoms with van der Waals surface area (Å²) >= 11 is 0. The first-order chi connectivity index (χ1) is 19.9. The summed E-state index contributed by atoms with van der Waals surface area (Å²) in [5.41, 5.74) is -9.06. The second-order valence-corrected chi connectivity index (χ2v) is 9.37. The smallest absolute Gasteiger partial charge is 0.396 e. The Hall–Kier alpha value is -1.77. The van der Waals surface area contributed by atoms with E-state index in [9.17, 15) is 106 Å². The number of hydrogen-bond acceptors (Lipinski definition) is 4. The molecule has 0 fully saturated rings. The fraction of sp³-hybridized carbons (Fsp3) is 1.00. The largest absolute Gasteiger partial charge is 0.438 e. The van der Waals surface area contributed by atoms with Crippen molar-refractivity contribution in [3.05, 3.63) is 0 Å². The lowest BCUT2D eigenvalue weighted by Crippen LogP contribution is -2.79. The number of aliphatic hydroxyl groups is 3. The number of aliphatic hydroxyl groups excluding tert-OH is 3. The summed E-state index contributed by atoms with van der Waals surface area (Å²) in [7, 11) is 0. The minimum Gasteiger partial charge on any atom is -0.396 e. The van der Waals surface area contributed by atoms with Gasteiger partial charge in [-0.3, -0.25) is 0 Å². The van der Waals surface area contributed by atoms with Gasteiger partial charge in [-0.25, -0.2) is 4.39 Å². The third-order valence-corrected chi connectivity index (χ3v) is 6.14. The van der Waals surface area contributed by atoms with Crippen molar-refractivity contribution in [1.29, 1.82) is 0 Å². The van der Waals surface area contributed by atoms with Crippen molar-refractivity contribution in [2.24, 2.45) is 0 Å². The lowest BCUT2D eigenvalue weighted by Gasteiger charge is -2.46. The molecule has 0 saturated heterocycles. The van der Waals surface area contributed by atoms with Gasteiger partial charge in [-0.05, 0) is 19.4 Å². The highest BCUT2D eigenvalue weighted by molar-refractivity contribution is 5.20. The molecule has 2 atom stereocenters. The molecule has 0 aliphatic rings. The van der Waals surface area contributed by atoms with Gasteiger partial charge < -0.3 is 20.6 Å². The van der Waals surface area contributed by atoms with Crippen LogP contribution in [0, 0.1) is 0 Å². The van der Waals surface area contributed by atoms with E-state index in [4.69, 9.17) is 10.2 Å². The molecule has 0 aliphatic heterocycles. The van der Waals surface area contributed by atoms with Gasteiger partial charge >= 0.3 is 65.4 Å². The van der Waals surface area contributed by atoms with Crippen LogP contribution in [-0.2, 0) is 0 Å². The van der Waals surface area contributed by atoms with Crippen molar-refractivity contribution in [2.75, 3.05) is 19.8 Å². The van der Waals surface area contributed by atoms with E-state index in [1.807, 2.05) is 0 Å². The van der Waals surface area contributed by atoms with Crippen LogP contribution in [-0.4, -0.2) is 113 Å². The Morgan fingerprint density at radius 2 is 0.783 bits per heavy atom. The number of nitrogens with one attached hydrogen (secondary N) is 1. The normalized spacial score (nSPS) is 17.3. The first-order valence-electron chi connectivity index (χ1n) is 11.4. The molecular weight excluding hydrogens is 727 g/mol. The minimum atomic E-state index is -9.53. The molecule has 0 radical (unpaired) electrons. The predicted octanol–water partition coefficient (Wildman–Crippen LogP) is 6.38. The van der Waals surface area contributed by atoms with Crippen LogP contribution < -0.4 is 5.32 Å². The van der Waals surface area contributed by atoms with E-state index in [-0.39, 0.29) is 6.42 Å². The van der Waals surface area contributed by atoms with Crippen molar-refractivity contribution in [1.82, 2.24) is 5.32 Å². The van der Waals surface area contributed by atoms with Gasteiger partial charge in [0, 0.05) is 19.1 Å². The number of hydrogen-bond donors (Lipinski definition) is 4. The molecule has 0 heterocycles. The van der Waals surface area contributed by atoms with Crippen LogP contribution in [0.15, 0.2) is 0 Å². The topological polar surface area (TPSA) is 72.7 Å². The average molecular weight is 745 g/mol. The first-order valence-corrected chi connectivity index (χ1v) is 11.4. The van der Waals surface area contributed by atoms with Crippen LogP contribution in [0.25, 0.3) is 0 Å². The van der Waals surface area contributed by atoms with Crippen molar-refractivity contribution in [3.63, 3.8) is 0 Å². The van der Waals surface area contributed by atoms with Crippen LogP contribution >= 0.6 is 0 Å². The van der Waals surface area contributed by atoms with Gasteiger partial charge in [0.1, 0.15) is 0 Å². The molecule has 0 aromatic heterocycles. The summed E-state index contributed by atoms with van der Waals surface area (Å²) in [4.78, 5) is 0. The molecule has 0 aliphatic carbocycles. The third-order valence-electron chi connectivity index (χ3n) is 6.14. The average Bonchev–Trinajstić information content (AvgIpc) is 2.84. The van der Waals surface area contributed by atoms with Crippen LogP contribution in [0.5, 0.6) is 0 Å². The van der Waals surface area contributed by atoms with Crippen molar-refractivity contribution < 1.29 is 116 Å². The molecule has 4 N–H and O–H groups in total. The number of rotatable bonds is 17. The second-order valence-electron chi connectivity index (χ2n) is 9.37. The molecule has 0 bridgehead atoms. The summed E-state index contributed by atoms with van der Waals surface area (Å²) in [6.07, 6.45) is -25.0. The molecular formula is C19H18F23NO3. The zero-order valence-electron chi connectivity index (χ0n) is 21.4. The maximum absolute atomic E-state index is 14.0. The Labute approximate surface area is 239 Å². The number of halogens is 23. The fourth-order valence-electron chi connectivity index (χ4n) is 3.34. The minimum absolute atomic E-state index is 0.301. The number of alkyl halides is 23. The molecule has 2 unspecified atom stereocenters. The van der Waals surface area contributed by atoms with Crippen LogP contribution in [0.2, 0.25) is 0 Å². The molecule has 0 amide bonds. The van der Waals surface area contributed by atoms with Gasteiger partial charge in [0.2, 0.25) is 0 Å². The summed E-state index contributed by atoms with van der Waals surface area (Å²) < 4.78 is 310. The molecule has 0 aromatic carbocycles. The highest BCUT2D eigenvalue weighted by atomic mass is 19.4. The van der Waals surface area contributed by atoms with Crippen molar-refractivity contribution in [2.45, 2.75) is 96.8 Å². The molecule has 4 nitrogen and oxygen atoms in total. The molecule has 27 heteroatoms. The van der Waals surface area contributed by atoms with Gasteiger partial charge in [-0.1, -0.05) is 0 Å². The van der Waals surface area contributed by atoms with E-state index < -0.39 is 110 Å². The zero-order chi connectivity index (χ0) is 37.6. The highest BCUT2D eigenvalue weighted by Gasteiger charge is 3.00. The molecule has 278 valence electrons. The molecule has 46 heavy (non-hydrogen) atoms. The van der Waals surface area contributed by atoms with E-state index in [2.05, 4.69) is 5.32 Å². The van der Waals surface area contributed by atoms with Gasteiger partial charge in [0.05, 0.1) is 12.7 Å². The lowest BCUT2D eigenvalue weighted by atomic mass is 9.82. The Bertz CT molecular complexity index is 994. The molecule has 0 rings (SSSR count). The van der Waals surface area contributed by atoms with Crippen molar-refractivity contribution in [3.8, 4) is 0 Å². The van der Waals surface area contributed by atoms with E-state index >= 15 is 0 Å². The maximum atomic E-state index is 14.0. The lowest BCUT2D eigenvalue weighted by molar-refractivity contribution is -0.481. The van der Waals surface area contributed by atoms with Crippen LogP contribution in [0.4, 0.5) is 101 Å². The Kier molecular flexibility index (Phi) is 12.4. The SMILES string of the molecule is OCCC(CO)NCCC(O)CC(F)(F)C(F)(F)C(F)(F)C(F)(F)C(F)(F)C(F)(F)C(F)(F)C(F)(F)C(F)(C(F)(F)F)C(F)(F)F. The van der Waals surface area contributed by atoms with Gasteiger partial charge in [-0.15, -0.1) is 0 Å². The third kappa shape index (κ3) is 6.61. The van der Waals surface area contributed by atoms with Crippen LogP contribution in [0.1, 0.15) is 19.3 Å². The molecule has 0 saturated carbocycles. The quantitative estimate of drug-likeness (QED) is 0.131. The monoisotopic (exact) mass is 745 g/mol. The Balaban J connectivity index is 6.80. The molecule has 0 spiro atoms. The summed E-state index contributed by atoms with van der Waals surface area (Å²) in [6.45, 7) is -2.34. The van der Waals surface area contributed by atoms with E-state index in [1.165, 1.54) is 0 Å². The standard InChI is InChI=1S/C19H18F23NO3/c20-9(21,5-8(46)1-3-43-7(6-45)2-4-44)11(23,24)13(27,28)15(31,32)17(35,36)16(33,34)14(29,30)12(25,26)10(22,18(37,38)39)19(40,41)42/h7-8,43-46H,1-6H2. The maximum Gasteiger partial charge on any atom is 0.438 e. The zero-order valence-corrected chi connectivity index (χ0v) is 21.4. The summed E-state index contributed by atoms with van der Waals surface area (Å²) in [5, 5.41) is 29.0. The second kappa shape index (κ2) is 12.9.